The number of phosphoric ester groups is 1. The molecule has 0 saturated carbocycles. The number of aliphatic hydroxyl groups is 2. The number of rotatable bonds is 43. The van der Waals surface area contributed by atoms with Crippen LogP contribution >= 0.6 is 7.82 Å². The van der Waals surface area contributed by atoms with Gasteiger partial charge in [0.25, 0.3) is 0 Å². The zero-order valence-electron chi connectivity index (χ0n) is 38.0. The quantitative estimate of drug-likeness (QED) is 0.0178. The second kappa shape index (κ2) is 38.6. The molecule has 4 atom stereocenters. The first kappa shape index (κ1) is 56.7. The van der Waals surface area contributed by atoms with Crippen LogP contribution in [-0.2, 0) is 32.7 Å². The molecule has 0 amide bonds. The molecule has 0 spiro atoms. The summed E-state index contributed by atoms with van der Waals surface area (Å²) in [5.41, 5.74) is 0. The number of carbonyl (C=O) groups excluding carboxylic acids is 2. The minimum atomic E-state index is -4.41. The molecule has 0 bridgehead atoms. The number of unbranched alkanes of at least 4 members (excludes halogenated alkanes) is 23. The maximum Gasteiger partial charge on any atom is 0.472 e. The number of phosphoric acid groups is 1. The topological polar surface area (TPSA) is 149 Å². The minimum Gasteiger partial charge on any atom is -0.462 e. The van der Waals surface area contributed by atoms with Crippen LogP contribution in [0.3, 0.4) is 0 Å². The van der Waals surface area contributed by atoms with Gasteiger partial charge >= 0.3 is 19.8 Å². The van der Waals surface area contributed by atoms with Gasteiger partial charge in [0.05, 0.1) is 40.0 Å². The van der Waals surface area contributed by atoms with Crippen molar-refractivity contribution in [2.24, 2.45) is 0 Å². The fraction of sp³-hybridized carbons (Fsp3) is 0.913. The third-order valence-electron chi connectivity index (χ3n) is 10.5. The Kier molecular flexibility index (Phi) is 37.7. The number of aliphatic hydroxyl groups excluding tert-OH is 2. The smallest absolute Gasteiger partial charge is 0.462 e. The van der Waals surface area contributed by atoms with Crippen LogP contribution in [0.25, 0.3) is 0 Å². The van der Waals surface area contributed by atoms with Gasteiger partial charge in [0.15, 0.2) is 6.10 Å². The van der Waals surface area contributed by atoms with E-state index in [1.165, 1.54) is 103 Å². The molecule has 0 aromatic heterocycles. The lowest BCUT2D eigenvalue weighted by molar-refractivity contribution is -0.870. The first-order chi connectivity index (χ1) is 27.8. The highest BCUT2D eigenvalue weighted by atomic mass is 31.2. The Balaban J connectivity index is 4.40. The third-order valence-corrected chi connectivity index (χ3v) is 11.5. The molecular weight excluding hydrogens is 757 g/mol. The van der Waals surface area contributed by atoms with Crippen LogP contribution < -0.4 is 0 Å². The van der Waals surface area contributed by atoms with Gasteiger partial charge in [-0.1, -0.05) is 167 Å². The summed E-state index contributed by atoms with van der Waals surface area (Å²) in [5, 5.41) is 20.5. The lowest BCUT2D eigenvalue weighted by Crippen LogP contribution is -2.37. The lowest BCUT2D eigenvalue weighted by Gasteiger charge is -2.24. The van der Waals surface area contributed by atoms with Crippen molar-refractivity contribution in [2.45, 2.75) is 225 Å². The van der Waals surface area contributed by atoms with Crippen molar-refractivity contribution in [2.75, 3.05) is 47.5 Å². The van der Waals surface area contributed by atoms with Crippen LogP contribution in [0.2, 0.25) is 0 Å². The Morgan fingerprint density at radius 2 is 1.05 bits per heavy atom. The Morgan fingerprint density at radius 1 is 0.586 bits per heavy atom. The van der Waals surface area contributed by atoms with E-state index in [1.807, 2.05) is 27.2 Å². The number of esters is 2. The fourth-order valence-corrected chi connectivity index (χ4v) is 7.37. The molecule has 1 unspecified atom stereocenters. The second-order valence-electron chi connectivity index (χ2n) is 17.5. The number of likely N-dealkylation sites (N-methyl/N-ethyl adjacent to an activating group) is 1. The van der Waals surface area contributed by atoms with Gasteiger partial charge in [-0.3, -0.25) is 18.6 Å². The van der Waals surface area contributed by atoms with Crippen molar-refractivity contribution >= 4 is 19.8 Å². The van der Waals surface area contributed by atoms with E-state index in [2.05, 4.69) is 19.9 Å². The number of allylic oxidation sites excluding steroid dienone is 1. The van der Waals surface area contributed by atoms with Crippen LogP contribution in [0.4, 0.5) is 0 Å². The molecule has 0 radical (unpaired) electrons. The van der Waals surface area contributed by atoms with Crippen LogP contribution in [0.15, 0.2) is 12.2 Å². The monoisotopic (exact) mass is 849 g/mol. The summed E-state index contributed by atoms with van der Waals surface area (Å²) >= 11 is 0. The summed E-state index contributed by atoms with van der Waals surface area (Å²) in [5.74, 6) is -0.900. The van der Waals surface area contributed by atoms with Gasteiger partial charge in [-0.2, -0.15) is 0 Å². The predicted octanol–water partition coefficient (Wildman–Crippen LogP) is 11.3. The van der Waals surface area contributed by atoms with Crippen LogP contribution in [-0.4, -0.2) is 97.3 Å². The van der Waals surface area contributed by atoms with E-state index >= 15 is 0 Å². The first-order valence-electron chi connectivity index (χ1n) is 23.6. The summed E-state index contributed by atoms with van der Waals surface area (Å²) in [4.78, 5) is 35.4. The van der Waals surface area contributed by atoms with Gasteiger partial charge in [0.2, 0.25) is 0 Å². The van der Waals surface area contributed by atoms with Crippen LogP contribution in [0.1, 0.15) is 206 Å². The highest BCUT2D eigenvalue weighted by Gasteiger charge is 2.27. The molecule has 0 saturated heterocycles. The van der Waals surface area contributed by atoms with Crippen molar-refractivity contribution < 1.29 is 52.3 Å². The van der Waals surface area contributed by atoms with Crippen molar-refractivity contribution in [1.29, 1.82) is 0 Å². The predicted molar refractivity (Wildman–Crippen MR) is 236 cm³/mol. The standard InChI is InChI=1S/C46H90NO10P/c1-6-8-10-12-14-15-16-17-18-19-20-21-22-23-24-28-32-36-45(50)54-40-42(41-56-58(52,53)55-39-38-47(3,4)5)57-46(51)37-33-29-25-27-31-35-44(49)43(48)34-30-26-13-11-9-7-2/h26,30,42-44,48-49H,6-25,27-29,31-41H2,1-5H3/p+1/b30-26-/t42-,43+,44+/m1/s1. The highest BCUT2D eigenvalue weighted by molar-refractivity contribution is 7.47. The van der Waals surface area contributed by atoms with E-state index in [-0.39, 0.29) is 26.1 Å². The molecule has 0 aromatic carbocycles. The summed E-state index contributed by atoms with van der Waals surface area (Å²) in [6.07, 6.45) is 32.8. The normalized spacial score (nSPS) is 14.7. The lowest BCUT2D eigenvalue weighted by atomic mass is 10.0. The molecule has 0 fully saturated rings. The second-order valence-corrected chi connectivity index (χ2v) is 18.9. The van der Waals surface area contributed by atoms with E-state index < -0.39 is 44.7 Å². The molecule has 0 rings (SSSR count). The molecule has 0 aliphatic rings. The zero-order chi connectivity index (χ0) is 43.2. The Bertz CT molecular complexity index is 1040. The molecule has 0 aliphatic heterocycles. The van der Waals surface area contributed by atoms with Crippen molar-refractivity contribution in [3.8, 4) is 0 Å². The number of quaternary nitrogens is 1. The Morgan fingerprint density at radius 3 is 1.57 bits per heavy atom. The van der Waals surface area contributed by atoms with Gasteiger partial charge in [-0.25, -0.2) is 4.57 Å². The largest absolute Gasteiger partial charge is 0.472 e. The Labute approximate surface area is 355 Å². The molecule has 3 N–H and O–H groups in total. The van der Waals surface area contributed by atoms with Gasteiger partial charge in [0, 0.05) is 12.8 Å². The SMILES string of the molecule is CCCCC/C=C\C[C@H](O)[C@@H](O)CCCCCCCC(=O)O[C@H](COC(=O)CCCCCCCCCCCCCCCCCCC)COP(=O)(O)OCC[N+](C)(C)C. The maximum absolute atomic E-state index is 12.7. The summed E-state index contributed by atoms with van der Waals surface area (Å²) in [6.45, 7) is 4.21. The van der Waals surface area contributed by atoms with Gasteiger partial charge in [-0.15, -0.1) is 0 Å². The van der Waals surface area contributed by atoms with Gasteiger partial charge in [-0.05, 0) is 38.5 Å². The van der Waals surface area contributed by atoms with Crippen molar-refractivity contribution in [3.63, 3.8) is 0 Å². The highest BCUT2D eigenvalue weighted by Crippen LogP contribution is 2.43. The van der Waals surface area contributed by atoms with Crippen molar-refractivity contribution in [3.05, 3.63) is 12.2 Å². The number of hydrogen-bond donors (Lipinski definition) is 3. The summed E-state index contributed by atoms with van der Waals surface area (Å²) < 4.78 is 34.3. The number of hydrogen-bond acceptors (Lipinski definition) is 9. The van der Waals surface area contributed by atoms with Crippen LogP contribution in [0.5, 0.6) is 0 Å². The average Bonchev–Trinajstić information content (AvgIpc) is 3.17. The zero-order valence-corrected chi connectivity index (χ0v) is 38.9. The number of ether oxygens (including phenoxy) is 2. The van der Waals surface area contributed by atoms with E-state index in [9.17, 15) is 29.3 Å². The molecular formula is C46H91NO10P+. The van der Waals surface area contributed by atoms with E-state index in [0.29, 0.717) is 30.3 Å². The molecule has 12 heteroatoms. The molecule has 344 valence electrons. The minimum absolute atomic E-state index is 0.00611. The van der Waals surface area contributed by atoms with Crippen LogP contribution in [0, 0.1) is 0 Å². The molecule has 11 nitrogen and oxygen atoms in total. The summed E-state index contributed by atoms with van der Waals surface area (Å²) in [7, 11) is 1.39. The number of nitrogens with zero attached hydrogens (tertiary/aromatic N) is 1. The number of carbonyl (C=O) groups is 2. The molecule has 0 heterocycles. The van der Waals surface area contributed by atoms with E-state index in [1.54, 1.807) is 0 Å². The average molecular weight is 849 g/mol. The van der Waals surface area contributed by atoms with Gasteiger partial charge < -0.3 is 29.1 Å². The molecule has 0 aliphatic carbocycles. The summed E-state index contributed by atoms with van der Waals surface area (Å²) in [6, 6.07) is 0. The fourth-order valence-electron chi connectivity index (χ4n) is 6.63. The first-order valence-corrected chi connectivity index (χ1v) is 25.1. The maximum atomic E-state index is 12.7. The molecule has 58 heavy (non-hydrogen) atoms. The Hall–Kier alpha value is -1.33. The van der Waals surface area contributed by atoms with Crippen molar-refractivity contribution in [1.82, 2.24) is 0 Å². The molecule has 0 aromatic rings. The van der Waals surface area contributed by atoms with E-state index in [0.717, 1.165) is 57.8 Å². The third kappa shape index (κ3) is 40.1. The van der Waals surface area contributed by atoms with Gasteiger partial charge in [0.1, 0.15) is 19.8 Å². The van der Waals surface area contributed by atoms with E-state index in [4.69, 9.17) is 18.5 Å².